The summed E-state index contributed by atoms with van der Waals surface area (Å²) in [6.45, 7) is 2.55. The van der Waals surface area contributed by atoms with Crippen LogP contribution < -0.4 is 4.74 Å². The second kappa shape index (κ2) is 6.14. The third kappa shape index (κ3) is 3.50. The number of alkyl halides is 3. The van der Waals surface area contributed by atoms with Gasteiger partial charge in [-0.3, -0.25) is 4.79 Å². The maximum Gasteiger partial charge on any atom is 0.416 e. The van der Waals surface area contributed by atoms with Crippen molar-refractivity contribution in [1.29, 1.82) is 0 Å². The molecule has 0 radical (unpaired) electrons. The number of aryl methyl sites for hydroxylation is 1. The first-order chi connectivity index (χ1) is 11.3. The summed E-state index contributed by atoms with van der Waals surface area (Å²) in [4.78, 5) is 17.6. The van der Waals surface area contributed by atoms with Gasteiger partial charge in [0.05, 0.1) is 18.7 Å². The Kier molecular flexibility index (Phi) is 4.17. The van der Waals surface area contributed by atoms with E-state index in [1.807, 2.05) is 19.1 Å². The van der Waals surface area contributed by atoms with E-state index in [1.165, 1.54) is 0 Å². The minimum absolute atomic E-state index is 0.0857. The maximum atomic E-state index is 12.7. The molecule has 0 saturated carbocycles. The van der Waals surface area contributed by atoms with Crippen LogP contribution in [0.1, 0.15) is 21.5 Å². The Morgan fingerprint density at radius 1 is 1.25 bits per heavy atom. The molecule has 0 unspecified atom stereocenters. The van der Waals surface area contributed by atoms with Crippen molar-refractivity contribution in [2.24, 2.45) is 0 Å². The van der Waals surface area contributed by atoms with Crippen molar-refractivity contribution in [3.8, 4) is 5.88 Å². The van der Waals surface area contributed by atoms with E-state index in [0.717, 1.165) is 23.9 Å². The average Bonchev–Trinajstić information content (AvgIpc) is 2.49. The monoisotopic (exact) mass is 336 g/mol. The van der Waals surface area contributed by atoms with Crippen molar-refractivity contribution in [2.75, 3.05) is 13.1 Å². The van der Waals surface area contributed by atoms with Gasteiger partial charge in [-0.25, -0.2) is 4.98 Å². The number of carbonyl (C=O) groups excluding carboxylic acids is 1. The van der Waals surface area contributed by atoms with Gasteiger partial charge in [0.2, 0.25) is 5.88 Å². The zero-order valence-corrected chi connectivity index (χ0v) is 12.9. The van der Waals surface area contributed by atoms with E-state index >= 15 is 0 Å². The van der Waals surface area contributed by atoms with E-state index in [4.69, 9.17) is 4.74 Å². The molecule has 1 aliphatic heterocycles. The maximum absolute atomic E-state index is 12.7. The first-order valence-electron chi connectivity index (χ1n) is 7.39. The molecule has 1 aromatic heterocycles. The molecule has 126 valence electrons. The van der Waals surface area contributed by atoms with Crippen molar-refractivity contribution < 1.29 is 22.7 Å². The van der Waals surface area contributed by atoms with Crippen LogP contribution in [0, 0.1) is 6.92 Å². The predicted molar refractivity (Wildman–Crippen MR) is 80.7 cm³/mol. The van der Waals surface area contributed by atoms with Crippen LogP contribution in [0.15, 0.2) is 42.6 Å². The molecular formula is C17H15F3N2O2. The minimum Gasteiger partial charge on any atom is -0.471 e. The number of halogens is 3. The van der Waals surface area contributed by atoms with Gasteiger partial charge in [0.15, 0.2) is 0 Å². The van der Waals surface area contributed by atoms with Gasteiger partial charge in [0, 0.05) is 17.8 Å². The van der Waals surface area contributed by atoms with Crippen LogP contribution >= 0.6 is 0 Å². The minimum atomic E-state index is -4.44. The van der Waals surface area contributed by atoms with E-state index in [2.05, 4.69) is 4.98 Å². The molecule has 0 N–H and O–H groups in total. The molecule has 7 heteroatoms. The van der Waals surface area contributed by atoms with Gasteiger partial charge >= 0.3 is 6.18 Å². The van der Waals surface area contributed by atoms with Gasteiger partial charge in [-0.15, -0.1) is 0 Å². The molecular weight excluding hydrogens is 321 g/mol. The largest absolute Gasteiger partial charge is 0.471 e. The Morgan fingerprint density at radius 2 is 2.00 bits per heavy atom. The Morgan fingerprint density at radius 3 is 2.67 bits per heavy atom. The highest BCUT2D eigenvalue weighted by Gasteiger charge is 2.34. The first-order valence-corrected chi connectivity index (χ1v) is 7.39. The summed E-state index contributed by atoms with van der Waals surface area (Å²) in [6.07, 6.45) is -3.73. The molecule has 1 saturated heterocycles. The third-order valence-electron chi connectivity index (χ3n) is 3.75. The summed E-state index contributed by atoms with van der Waals surface area (Å²) in [7, 11) is 0. The topological polar surface area (TPSA) is 42.4 Å². The highest BCUT2D eigenvalue weighted by atomic mass is 19.4. The molecule has 24 heavy (non-hydrogen) atoms. The molecule has 1 aromatic carbocycles. The van der Waals surface area contributed by atoms with E-state index in [0.29, 0.717) is 18.7 Å². The molecule has 0 spiro atoms. The highest BCUT2D eigenvalue weighted by molar-refractivity contribution is 5.95. The van der Waals surface area contributed by atoms with Crippen molar-refractivity contribution in [2.45, 2.75) is 19.2 Å². The third-order valence-corrected chi connectivity index (χ3v) is 3.75. The second-order valence-corrected chi connectivity index (χ2v) is 5.70. The predicted octanol–water partition coefficient (Wildman–Crippen LogP) is 3.31. The van der Waals surface area contributed by atoms with Gasteiger partial charge in [-0.1, -0.05) is 17.7 Å². The SMILES string of the molecule is Cc1cccc(C(=O)N2CC(Oc3cc(C(F)(F)F)ccn3)C2)c1. The Hall–Kier alpha value is -2.57. The van der Waals surface area contributed by atoms with E-state index < -0.39 is 11.7 Å². The Balaban J connectivity index is 1.59. The second-order valence-electron chi connectivity index (χ2n) is 5.70. The number of hydrogen-bond acceptors (Lipinski definition) is 3. The summed E-state index contributed by atoms with van der Waals surface area (Å²) in [6, 6.07) is 9.00. The molecule has 3 rings (SSSR count). The molecule has 2 aromatic rings. The van der Waals surface area contributed by atoms with Crippen LogP contribution in [0.4, 0.5) is 13.2 Å². The molecule has 4 nitrogen and oxygen atoms in total. The number of pyridine rings is 1. The highest BCUT2D eigenvalue weighted by Crippen LogP contribution is 2.31. The first kappa shape index (κ1) is 16.3. The van der Waals surface area contributed by atoms with E-state index in [1.54, 1.807) is 17.0 Å². The number of rotatable bonds is 3. The van der Waals surface area contributed by atoms with Crippen LogP contribution in [0.5, 0.6) is 5.88 Å². The van der Waals surface area contributed by atoms with Gasteiger partial charge in [-0.2, -0.15) is 13.2 Å². The van der Waals surface area contributed by atoms with E-state index in [9.17, 15) is 18.0 Å². The number of hydrogen-bond donors (Lipinski definition) is 0. The van der Waals surface area contributed by atoms with Crippen LogP contribution in [0.3, 0.4) is 0 Å². The van der Waals surface area contributed by atoms with Crippen molar-refractivity contribution >= 4 is 5.91 Å². The fourth-order valence-corrected chi connectivity index (χ4v) is 2.46. The van der Waals surface area contributed by atoms with E-state index in [-0.39, 0.29) is 17.9 Å². The lowest BCUT2D eigenvalue weighted by Crippen LogP contribution is -2.56. The lowest BCUT2D eigenvalue weighted by atomic mass is 10.1. The molecule has 2 heterocycles. The number of carbonyl (C=O) groups is 1. The standard InChI is InChI=1S/C17H15F3N2O2/c1-11-3-2-4-12(7-11)16(23)22-9-14(10-22)24-15-8-13(5-6-21-15)17(18,19)20/h2-8,14H,9-10H2,1H3. The summed E-state index contributed by atoms with van der Waals surface area (Å²) in [5, 5.41) is 0. The van der Waals surface area contributed by atoms with Crippen molar-refractivity contribution in [1.82, 2.24) is 9.88 Å². The van der Waals surface area contributed by atoms with Crippen LogP contribution in [-0.2, 0) is 6.18 Å². The summed E-state index contributed by atoms with van der Waals surface area (Å²) >= 11 is 0. The molecule has 0 bridgehead atoms. The number of aromatic nitrogens is 1. The Bertz CT molecular complexity index is 755. The van der Waals surface area contributed by atoms with Gasteiger partial charge < -0.3 is 9.64 Å². The quantitative estimate of drug-likeness (QED) is 0.864. The van der Waals surface area contributed by atoms with Gasteiger partial charge in [0.25, 0.3) is 5.91 Å². The zero-order valence-electron chi connectivity index (χ0n) is 12.9. The lowest BCUT2D eigenvalue weighted by Gasteiger charge is -2.38. The molecule has 1 aliphatic rings. The number of benzene rings is 1. The van der Waals surface area contributed by atoms with Gasteiger partial charge in [0.1, 0.15) is 6.10 Å². The van der Waals surface area contributed by atoms with Crippen molar-refractivity contribution in [3.63, 3.8) is 0 Å². The van der Waals surface area contributed by atoms with Crippen LogP contribution in [0.2, 0.25) is 0 Å². The normalized spacial score (nSPS) is 15.1. The number of nitrogens with zero attached hydrogens (tertiary/aromatic N) is 2. The summed E-state index contributed by atoms with van der Waals surface area (Å²) in [5.74, 6) is -0.201. The van der Waals surface area contributed by atoms with Crippen LogP contribution in [-0.4, -0.2) is 35.0 Å². The Labute approximate surface area is 136 Å². The number of amides is 1. The lowest BCUT2D eigenvalue weighted by molar-refractivity contribution is -0.137. The molecule has 1 amide bonds. The molecule has 0 atom stereocenters. The van der Waals surface area contributed by atoms with Crippen molar-refractivity contribution in [3.05, 3.63) is 59.3 Å². The number of likely N-dealkylation sites (tertiary alicyclic amines) is 1. The van der Waals surface area contributed by atoms with Gasteiger partial charge in [-0.05, 0) is 25.1 Å². The smallest absolute Gasteiger partial charge is 0.416 e. The van der Waals surface area contributed by atoms with Crippen LogP contribution in [0.25, 0.3) is 0 Å². The number of ether oxygens (including phenoxy) is 1. The molecule has 0 aliphatic carbocycles. The zero-order chi connectivity index (χ0) is 17.3. The molecule has 1 fully saturated rings. The fourth-order valence-electron chi connectivity index (χ4n) is 2.46. The summed E-state index contributed by atoms with van der Waals surface area (Å²) in [5.41, 5.74) is 0.771. The average molecular weight is 336 g/mol. The summed E-state index contributed by atoms with van der Waals surface area (Å²) < 4.78 is 43.4. The fraction of sp³-hybridized carbons (Fsp3) is 0.294.